The van der Waals surface area contributed by atoms with Gasteiger partial charge in [0.1, 0.15) is 0 Å². The number of hydrogen-bond acceptors (Lipinski definition) is 2. The van der Waals surface area contributed by atoms with Crippen molar-refractivity contribution in [2.24, 2.45) is 7.05 Å². The van der Waals surface area contributed by atoms with Crippen LogP contribution in [0.2, 0.25) is 0 Å². The van der Waals surface area contributed by atoms with E-state index in [4.69, 9.17) is 0 Å². The lowest BCUT2D eigenvalue weighted by atomic mass is 10.1. The largest absolute Gasteiger partial charge is 0.313 e. The van der Waals surface area contributed by atoms with Gasteiger partial charge < -0.3 is 5.32 Å². The van der Waals surface area contributed by atoms with Gasteiger partial charge in [0.15, 0.2) is 0 Å². The van der Waals surface area contributed by atoms with Crippen molar-refractivity contribution in [3.8, 4) is 0 Å². The molecule has 0 radical (unpaired) electrons. The van der Waals surface area contributed by atoms with Crippen LogP contribution in [-0.2, 0) is 7.05 Å². The van der Waals surface area contributed by atoms with E-state index in [0.29, 0.717) is 0 Å². The van der Waals surface area contributed by atoms with Crippen LogP contribution in [0.15, 0.2) is 17.8 Å². The third-order valence-corrected chi connectivity index (χ3v) is 2.27. The van der Waals surface area contributed by atoms with Gasteiger partial charge in [0.25, 0.3) is 0 Å². The second-order valence-corrected chi connectivity index (χ2v) is 3.32. The Morgan fingerprint density at radius 3 is 2.86 bits per heavy atom. The van der Waals surface area contributed by atoms with Crippen molar-refractivity contribution in [3.63, 3.8) is 0 Å². The Balaban J connectivity index is 2.68. The van der Waals surface area contributed by atoms with Gasteiger partial charge in [0.05, 0.1) is 5.69 Å². The fraction of sp³-hybridized carbons (Fsp3) is 0.545. The Kier molecular flexibility index (Phi) is 4.40. The highest BCUT2D eigenvalue weighted by atomic mass is 15.2. The lowest BCUT2D eigenvalue weighted by molar-refractivity contribution is 0.748. The molecule has 0 saturated heterocycles. The number of nitrogens with one attached hydrogen (secondary N) is 1. The van der Waals surface area contributed by atoms with Crippen molar-refractivity contribution in [1.82, 2.24) is 15.1 Å². The fourth-order valence-corrected chi connectivity index (χ4v) is 1.30. The molecule has 0 aromatic carbocycles. The molecule has 0 amide bonds. The highest BCUT2D eigenvalue weighted by molar-refractivity contribution is 5.49. The number of aromatic nitrogens is 2. The van der Waals surface area contributed by atoms with Crippen LogP contribution in [0.1, 0.15) is 26.0 Å². The monoisotopic (exact) mass is 193 g/mol. The number of likely N-dealkylation sites (N-methyl/N-ethyl adjacent to an activating group) is 1. The smallest absolute Gasteiger partial charge is 0.0606 e. The second kappa shape index (κ2) is 5.60. The zero-order valence-corrected chi connectivity index (χ0v) is 9.25. The van der Waals surface area contributed by atoms with Gasteiger partial charge >= 0.3 is 0 Å². The van der Waals surface area contributed by atoms with E-state index < -0.39 is 0 Å². The van der Waals surface area contributed by atoms with Gasteiger partial charge in [-0.25, -0.2) is 0 Å². The highest BCUT2D eigenvalue weighted by Crippen LogP contribution is 2.07. The van der Waals surface area contributed by atoms with E-state index in [1.54, 1.807) is 0 Å². The Hall–Kier alpha value is -1.09. The number of aryl methyl sites for hydroxylation is 1. The second-order valence-electron chi connectivity index (χ2n) is 3.32. The van der Waals surface area contributed by atoms with Gasteiger partial charge in [-0.1, -0.05) is 19.4 Å². The average Bonchev–Trinajstić information content (AvgIpc) is 2.59. The van der Waals surface area contributed by atoms with Gasteiger partial charge in [-0.2, -0.15) is 5.10 Å². The van der Waals surface area contributed by atoms with Crippen LogP contribution in [0.3, 0.4) is 0 Å². The van der Waals surface area contributed by atoms with Crippen molar-refractivity contribution in [2.45, 2.75) is 20.3 Å². The molecular weight excluding hydrogens is 174 g/mol. The minimum atomic E-state index is 0.970. The number of hydrogen-bond donors (Lipinski definition) is 1. The van der Waals surface area contributed by atoms with Crippen molar-refractivity contribution in [2.75, 3.05) is 13.1 Å². The van der Waals surface area contributed by atoms with E-state index in [1.807, 2.05) is 24.0 Å². The molecule has 1 rings (SSSR count). The Morgan fingerprint density at radius 1 is 1.57 bits per heavy atom. The maximum atomic E-state index is 4.14. The molecule has 1 heterocycles. The molecule has 0 aliphatic heterocycles. The molecule has 0 bridgehead atoms. The molecule has 3 nitrogen and oxygen atoms in total. The van der Waals surface area contributed by atoms with Crippen LogP contribution < -0.4 is 5.32 Å². The van der Waals surface area contributed by atoms with Crippen LogP contribution in [0.4, 0.5) is 0 Å². The first-order chi connectivity index (χ1) is 6.77. The van der Waals surface area contributed by atoms with E-state index in [9.17, 15) is 0 Å². The minimum absolute atomic E-state index is 0.970. The molecule has 0 spiro atoms. The SMILES string of the molecule is CCNCC(=Cc1ccnn1C)CC. The summed E-state index contributed by atoms with van der Waals surface area (Å²) in [5, 5.41) is 7.47. The molecule has 3 heteroatoms. The van der Waals surface area contributed by atoms with Crippen molar-refractivity contribution >= 4 is 6.08 Å². The first-order valence-corrected chi connectivity index (χ1v) is 5.16. The van der Waals surface area contributed by atoms with E-state index in [-0.39, 0.29) is 0 Å². The molecule has 1 aromatic rings. The molecule has 1 N–H and O–H groups in total. The third kappa shape index (κ3) is 3.00. The summed E-state index contributed by atoms with van der Waals surface area (Å²) in [6.07, 6.45) is 5.11. The molecule has 0 unspecified atom stereocenters. The van der Waals surface area contributed by atoms with Gasteiger partial charge in [-0.3, -0.25) is 4.68 Å². The Bertz CT molecular complexity index is 299. The van der Waals surface area contributed by atoms with Crippen LogP contribution in [0, 0.1) is 0 Å². The minimum Gasteiger partial charge on any atom is -0.313 e. The molecule has 1 aromatic heterocycles. The Labute approximate surface area is 85.8 Å². The van der Waals surface area contributed by atoms with E-state index >= 15 is 0 Å². The molecule has 78 valence electrons. The average molecular weight is 193 g/mol. The van der Waals surface area contributed by atoms with Crippen LogP contribution in [-0.4, -0.2) is 22.9 Å². The van der Waals surface area contributed by atoms with Crippen LogP contribution in [0.25, 0.3) is 6.08 Å². The predicted octanol–water partition coefficient (Wildman–Crippen LogP) is 1.82. The summed E-state index contributed by atoms with van der Waals surface area (Å²) in [5.41, 5.74) is 2.58. The number of rotatable bonds is 5. The summed E-state index contributed by atoms with van der Waals surface area (Å²) < 4.78 is 1.89. The van der Waals surface area contributed by atoms with Gasteiger partial charge in [0, 0.05) is 19.8 Å². The van der Waals surface area contributed by atoms with E-state index in [2.05, 4.69) is 30.3 Å². The lowest BCUT2D eigenvalue weighted by Crippen LogP contribution is -2.15. The summed E-state index contributed by atoms with van der Waals surface area (Å²) in [4.78, 5) is 0. The standard InChI is InChI=1S/C11H19N3/c1-4-10(9-12-5-2)8-11-6-7-13-14(11)3/h6-8,12H,4-5,9H2,1-3H3. The molecule has 0 aliphatic carbocycles. The maximum absolute atomic E-state index is 4.14. The molecule has 0 fully saturated rings. The van der Waals surface area contributed by atoms with Crippen molar-refractivity contribution < 1.29 is 0 Å². The zero-order chi connectivity index (χ0) is 10.4. The predicted molar refractivity (Wildman–Crippen MR) is 60.0 cm³/mol. The molecule has 0 aliphatic rings. The van der Waals surface area contributed by atoms with Gasteiger partial charge in [-0.15, -0.1) is 0 Å². The van der Waals surface area contributed by atoms with Gasteiger partial charge in [-0.05, 0) is 25.1 Å². The summed E-state index contributed by atoms with van der Waals surface area (Å²) in [7, 11) is 1.96. The molecule has 0 atom stereocenters. The van der Waals surface area contributed by atoms with Crippen molar-refractivity contribution in [3.05, 3.63) is 23.5 Å². The molecule has 0 saturated carbocycles. The van der Waals surface area contributed by atoms with Crippen LogP contribution in [0.5, 0.6) is 0 Å². The summed E-state index contributed by atoms with van der Waals surface area (Å²) in [5.74, 6) is 0. The zero-order valence-electron chi connectivity index (χ0n) is 9.25. The molecular formula is C11H19N3. The van der Waals surface area contributed by atoms with Crippen molar-refractivity contribution in [1.29, 1.82) is 0 Å². The quantitative estimate of drug-likeness (QED) is 0.773. The normalized spacial score (nSPS) is 12.1. The van der Waals surface area contributed by atoms with Crippen LogP contribution >= 0.6 is 0 Å². The highest BCUT2D eigenvalue weighted by Gasteiger charge is 1.97. The Morgan fingerprint density at radius 2 is 2.36 bits per heavy atom. The topological polar surface area (TPSA) is 29.9 Å². The summed E-state index contributed by atoms with van der Waals surface area (Å²) >= 11 is 0. The summed E-state index contributed by atoms with van der Waals surface area (Å²) in [6, 6.07) is 2.03. The summed E-state index contributed by atoms with van der Waals surface area (Å²) in [6.45, 7) is 6.29. The molecule has 14 heavy (non-hydrogen) atoms. The lowest BCUT2D eigenvalue weighted by Gasteiger charge is -2.05. The van der Waals surface area contributed by atoms with E-state index in [0.717, 1.165) is 19.5 Å². The van der Waals surface area contributed by atoms with E-state index in [1.165, 1.54) is 11.3 Å². The number of nitrogens with zero attached hydrogens (tertiary/aromatic N) is 2. The third-order valence-electron chi connectivity index (χ3n) is 2.27. The maximum Gasteiger partial charge on any atom is 0.0606 e. The fourth-order valence-electron chi connectivity index (χ4n) is 1.30. The van der Waals surface area contributed by atoms with Gasteiger partial charge in [0.2, 0.25) is 0 Å². The first-order valence-electron chi connectivity index (χ1n) is 5.16. The first kappa shape index (κ1) is 11.0.